The van der Waals surface area contributed by atoms with Gasteiger partial charge < -0.3 is 0 Å². The first-order valence-electron chi connectivity index (χ1n) is 11.3. The summed E-state index contributed by atoms with van der Waals surface area (Å²) in [6, 6.07) is 26.9. The molecule has 0 radical (unpaired) electrons. The number of nitrogens with zero attached hydrogens (tertiary/aromatic N) is 2. The van der Waals surface area contributed by atoms with Crippen molar-refractivity contribution in [3.8, 4) is 11.3 Å². The maximum absolute atomic E-state index is 13.2. The molecule has 0 unspecified atom stereocenters. The summed E-state index contributed by atoms with van der Waals surface area (Å²) >= 11 is 0. The number of amides is 2. The van der Waals surface area contributed by atoms with Crippen LogP contribution >= 0.6 is 0 Å². The average Bonchev–Trinajstić information content (AvgIpc) is 3.36. The molecule has 1 aromatic heterocycles. The summed E-state index contributed by atoms with van der Waals surface area (Å²) in [5.74, 6) is -0.397. The van der Waals surface area contributed by atoms with E-state index in [9.17, 15) is 14.4 Å². The fourth-order valence-electron chi connectivity index (χ4n) is 4.52. The molecule has 4 aromatic rings. The summed E-state index contributed by atoms with van der Waals surface area (Å²) in [6.07, 6.45) is 2.54. The molecule has 1 aliphatic heterocycles. The molecule has 0 bridgehead atoms. The second-order valence-electron chi connectivity index (χ2n) is 8.30. The van der Waals surface area contributed by atoms with E-state index in [1.165, 1.54) is 4.90 Å². The van der Waals surface area contributed by atoms with Crippen LogP contribution < -0.4 is 0 Å². The molecule has 3 aromatic carbocycles. The topological polar surface area (TPSA) is 59.4 Å². The molecule has 33 heavy (non-hydrogen) atoms. The first kappa shape index (κ1) is 20.9. The first-order chi connectivity index (χ1) is 16.1. The number of unbranched alkanes of at least 4 members (excludes halogenated alkanes) is 2. The maximum atomic E-state index is 13.2. The Morgan fingerprint density at radius 1 is 0.697 bits per heavy atom. The Kier molecular flexibility index (Phi) is 5.61. The first-order valence-corrected chi connectivity index (χ1v) is 11.3. The SMILES string of the molecule is O=C1c2ccccc2C(=O)N1CCCCCC(=O)n1c(-c2ccccc2)cc2ccccc21. The van der Waals surface area contributed by atoms with Crippen LogP contribution in [0.4, 0.5) is 0 Å². The molecule has 5 heteroatoms. The van der Waals surface area contributed by atoms with Crippen LogP contribution in [0.3, 0.4) is 0 Å². The van der Waals surface area contributed by atoms with Gasteiger partial charge in [0, 0.05) is 18.4 Å². The van der Waals surface area contributed by atoms with Crippen LogP contribution in [0.1, 0.15) is 51.2 Å². The summed E-state index contributed by atoms with van der Waals surface area (Å²) in [6.45, 7) is 0.377. The van der Waals surface area contributed by atoms with Crippen molar-refractivity contribution in [1.82, 2.24) is 9.47 Å². The van der Waals surface area contributed by atoms with E-state index in [2.05, 4.69) is 6.07 Å². The molecule has 0 spiro atoms. The highest BCUT2D eigenvalue weighted by atomic mass is 16.2. The van der Waals surface area contributed by atoms with Crippen LogP contribution in [0.15, 0.2) is 84.9 Å². The number of fused-ring (bicyclic) bond motifs is 2. The van der Waals surface area contributed by atoms with Crippen LogP contribution in [0.25, 0.3) is 22.2 Å². The van der Waals surface area contributed by atoms with Gasteiger partial charge in [-0.2, -0.15) is 0 Å². The maximum Gasteiger partial charge on any atom is 0.261 e. The number of benzene rings is 3. The van der Waals surface area contributed by atoms with Gasteiger partial charge in [0.2, 0.25) is 5.91 Å². The Bertz CT molecular complexity index is 1320. The molecule has 5 nitrogen and oxygen atoms in total. The third-order valence-corrected chi connectivity index (χ3v) is 6.18. The molecule has 0 fully saturated rings. The number of carbonyl (C=O) groups is 3. The molecule has 1 aliphatic rings. The van der Waals surface area contributed by atoms with E-state index in [0.717, 1.165) is 28.6 Å². The Labute approximate surface area is 192 Å². The molecule has 0 atom stereocenters. The lowest BCUT2D eigenvalue weighted by Gasteiger charge is -2.13. The minimum Gasteiger partial charge on any atom is -0.280 e. The van der Waals surface area contributed by atoms with Crippen molar-refractivity contribution in [3.63, 3.8) is 0 Å². The van der Waals surface area contributed by atoms with E-state index < -0.39 is 0 Å². The van der Waals surface area contributed by atoms with Crippen LogP contribution in [-0.2, 0) is 0 Å². The summed E-state index contributed by atoms with van der Waals surface area (Å²) in [7, 11) is 0. The van der Waals surface area contributed by atoms with Crippen LogP contribution in [0.5, 0.6) is 0 Å². The molecule has 0 saturated carbocycles. The summed E-state index contributed by atoms with van der Waals surface area (Å²) in [5.41, 5.74) is 3.77. The van der Waals surface area contributed by atoms with E-state index in [0.29, 0.717) is 36.9 Å². The van der Waals surface area contributed by atoms with Crippen molar-refractivity contribution in [3.05, 3.63) is 96.1 Å². The van der Waals surface area contributed by atoms with E-state index in [-0.39, 0.29) is 17.7 Å². The number of aromatic nitrogens is 1. The van der Waals surface area contributed by atoms with E-state index >= 15 is 0 Å². The molecule has 0 N–H and O–H groups in total. The largest absolute Gasteiger partial charge is 0.280 e. The lowest BCUT2D eigenvalue weighted by atomic mass is 10.1. The third kappa shape index (κ3) is 3.87. The smallest absolute Gasteiger partial charge is 0.261 e. The average molecular weight is 437 g/mol. The van der Waals surface area contributed by atoms with Gasteiger partial charge in [0.15, 0.2) is 0 Å². The van der Waals surface area contributed by atoms with Gasteiger partial charge in [0.1, 0.15) is 0 Å². The minimum atomic E-state index is -0.224. The molecular weight excluding hydrogens is 412 g/mol. The number of hydrogen-bond donors (Lipinski definition) is 0. The monoisotopic (exact) mass is 436 g/mol. The predicted molar refractivity (Wildman–Crippen MR) is 128 cm³/mol. The lowest BCUT2D eigenvalue weighted by Crippen LogP contribution is -2.30. The fourth-order valence-corrected chi connectivity index (χ4v) is 4.52. The molecule has 0 saturated heterocycles. The van der Waals surface area contributed by atoms with Gasteiger partial charge in [-0.15, -0.1) is 0 Å². The zero-order valence-electron chi connectivity index (χ0n) is 18.2. The van der Waals surface area contributed by atoms with Gasteiger partial charge in [-0.3, -0.25) is 23.9 Å². The Morgan fingerprint density at radius 3 is 2.06 bits per heavy atom. The van der Waals surface area contributed by atoms with Gasteiger partial charge in [-0.05, 0) is 42.7 Å². The van der Waals surface area contributed by atoms with E-state index in [1.807, 2.05) is 59.2 Å². The van der Waals surface area contributed by atoms with Gasteiger partial charge in [0.25, 0.3) is 11.8 Å². The standard InChI is InChI=1S/C28H24N2O3/c31-26(17-5-2-10-18-29-27(32)22-14-7-8-15-23(22)28(29)33)30-24-16-9-6-13-21(24)19-25(30)20-11-3-1-4-12-20/h1,3-4,6-9,11-16,19H,2,5,10,17-18H2. The Hall–Kier alpha value is -3.99. The quantitative estimate of drug-likeness (QED) is 0.272. The van der Waals surface area contributed by atoms with Crippen LogP contribution in [0.2, 0.25) is 0 Å². The highest BCUT2D eigenvalue weighted by Crippen LogP contribution is 2.29. The lowest BCUT2D eigenvalue weighted by molar-refractivity contribution is 0.0650. The summed E-state index contributed by atoms with van der Waals surface area (Å²) in [4.78, 5) is 39.5. The van der Waals surface area contributed by atoms with Crippen molar-refractivity contribution in [1.29, 1.82) is 0 Å². The van der Waals surface area contributed by atoms with Gasteiger partial charge in [-0.25, -0.2) is 0 Å². The number of rotatable bonds is 7. The molecule has 5 rings (SSSR count). The van der Waals surface area contributed by atoms with Crippen molar-refractivity contribution in [2.75, 3.05) is 6.54 Å². The van der Waals surface area contributed by atoms with Gasteiger partial charge in [-0.1, -0.05) is 67.1 Å². The van der Waals surface area contributed by atoms with E-state index in [4.69, 9.17) is 0 Å². The highest BCUT2D eigenvalue weighted by molar-refractivity contribution is 6.21. The Morgan fingerprint density at radius 2 is 1.33 bits per heavy atom. The summed E-state index contributed by atoms with van der Waals surface area (Å²) < 4.78 is 1.81. The summed E-state index contributed by atoms with van der Waals surface area (Å²) in [5, 5.41) is 1.04. The normalized spacial score (nSPS) is 13.0. The Balaban J connectivity index is 1.23. The number of carbonyl (C=O) groups excluding carboxylic acids is 3. The van der Waals surface area contributed by atoms with Crippen molar-refractivity contribution < 1.29 is 14.4 Å². The molecular formula is C28H24N2O3. The minimum absolute atomic E-state index is 0.0517. The number of hydrogen-bond acceptors (Lipinski definition) is 3. The van der Waals surface area contributed by atoms with Gasteiger partial charge >= 0.3 is 0 Å². The number of para-hydroxylation sites is 1. The fraction of sp³-hybridized carbons (Fsp3) is 0.179. The molecule has 0 aliphatic carbocycles. The van der Waals surface area contributed by atoms with Crippen LogP contribution in [0, 0.1) is 0 Å². The zero-order chi connectivity index (χ0) is 22.8. The second-order valence-corrected chi connectivity index (χ2v) is 8.30. The van der Waals surface area contributed by atoms with E-state index in [1.54, 1.807) is 24.3 Å². The predicted octanol–water partition coefficient (Wildman–Crippen LogP) is 5.81. The van der Waals surface area contributed by atoms with Gasteiger partial charge in [0.05, 0.1) is 22.3 Å². The second kappa shape index (κ2) is 8.87. The zero-order valence-corrected chi connectivity index (χ0v) is 18.2. The third-order valence-electron chi connectivity index (χ3n) is 6.18. The van der Waals surface area contributed by atoms with Crippen molar-refractivity contribution in [2.45, 2.75) is 25.7 Å². The molecule has 2 amide bonds. The molecule has 2 heterocycles. The highest BCUT2D eigenvalue weighted by Gasteiger charge is 2.34. The number of imide groups is 1. The van der Waals surface area contributed by atoms with Crippen molar-refractivity contribution >= 4 is 28.6 Å². The van der Waals surface area contributed by atoms with Crippen LogP contribution in [-0.4, -0.2) is 33.7 Å². The molecule has 164 valence electrons. The van der Waals surface area contributed by atoms with Crippen molar-refractivity contribution in [2.24, 2.45) is 0 Å².